The first-order chi connectivity index (χ1) is 7.66. The van der Waals surface area contributed by atoms with Crippen LogP contribution in [0.3, 0.4) is 0 Å². The SMILES string of the molecule is C=S(C)c1ncc(CN2CCCOC2=[N-])s1.[Y]. The van der Waals surface area contributed by atoms with Crippen molar-refractivity contribution >= 4 is 33.7 Å². The first-order valence-electron chi connectivity index (χ1n) is 5.01. The van der Waals surface area contributed by atoms with Gasteiger partial charge in [-0.3, -0.25) is 0 Å². The maximum atomic E-state index is 9.54. The van der Waals surface area contributed by atoms with E-state index >= 15 is 0 Å². The number of amidine groups is 1. The molecule has 1 aliphatic heterocycles. The van der Waals surface area contributed by atoms with Gasteiger partial charge in [-0.25, -0.2) is 4.98 Å². The average Bonchev–Trinajstić information content (AvgIpc) is 2.70. The number of aromatic nitrogens is 1. The summed E-state index contributed by atoms with van der Waals surface area (Å²) in [6, 6.07) is 0.0336. The van der Waals surface area contributed by atoms with Gasteiger partial charge in [-0.2, -0.15) is 0 Å². The van der Waals surface area contributed by atoms with E-state index < -0.39 is 0 Å². The predicted molar refractivity (Wildman–Crippen MR) is 70.4 cm³/mol. The number of hydrogen-bond acceptors (Lipinski definition) is 3. The molecule has 1 radical (unpaired) electrons. The van der Waals surface area contributed by atoms with Crippen molar-refractivity contribution in [1.29, 1.82) is 0 Å². The summed E-state index contributed by atoms with van der Waals surface area (Å²) in [5.74, 6) is 3.97. The Morgan fingerprint density at radius 3 is 3.06 bits per heavy atom. The Morgan fingerprint density at radius 1 is 1.71 bits per heavy atom. The van der Waals surface area contributed by atoms with E-state index in [-0.39, 0.29) is 49.2 Å². The molecule has 1 aromatic heterocycles. The fraction of sp³-hybridized carbons (Fsp3) is 0.500. The van der Waals surface area contributed by atoms with Crippen LogP contribution in [0.25, 0.3) is 5.41 Å². The first kappa shape index (κ1) is 15.3. The van der Waals surface area contributed by atoms with E-state index in [1.807, 2.05) is 11.1 Å². The van der Waals surface area contributed by atoms with Gasteiger partial charge in [0.2, 0.25) is 0 Å². The average molecular weight is 345 g/mol. The molecule has 4 nitrogen and oxygen atoms in total. The zero-order valence-electron chi connectivity index (χ0n) is 9.76. The molecule has 2 rings (SSSR count). The summed E-state index contributed by atoms with van der Waals surface area (Å²) in [6.45, 7) is 2.11. The number of ether oxygens (including phenoxy) is 1. The van der Waals surface area contributed by atoms with E-state index in [1.54, 1.807) is 11.3 Å². The monoisotopic (exact) mass is 345 g/mol. The minimum Gasteiger partial charge on any atom is -0.501 e. The Hall–Kier alpha value is 0.224. The van der Waals surface area contributed by atoms with E-state index in [1.165, 1.54) is 0 Å². The van der Waals surface area contributed by atoms with Crippen molar-refractivity contribution < 1.29 is 37.4 Å². The maximum Gasteiger partial charge on any atom is 0.143 e. The largest absolute Gasteiger partial charge is 0.501 e. The van der Waals surface area contributed by atoms with Crippen molar-refractivity contribution in [1.82, 2.24) is 9.88 Å². The second-order valence-electron chi connectivity index (χ2n) is 3.64. The molecule has 1 aromatic rings. The van der Waals surface area contributed by atoms with Crippen LogP contribution in [-0.4, -0.2) is 41.2 Å². The molecule has 1 fully saturated rings. The molecule has 1 aliphatic rings. The maximum absolute atomic E-state index is 9.54. The predicted octanol–water partition coefficient (Wildman–Crippen LogP) is 1.98. The summed E-state index contributed by atoms with van der Waals surface area (Å²) in [5, 5.41) is 9.54. The minimum atomic E-state index is -0.0351. The zero-order valence-corrected chi connectivity index (χ0v) is 14.2. The molecule has 0 amide bonds. The van der Waals surface area contributed by atoms with Gasteiger partial charge >= 0.3 is 0 Å². The third-order valence-corrected chi connectivity index (χ3v) is 4.83. The van der Waals surface area contributed by atoms with Crippen molar-refractivity contribution in [3.05, 3.63) is 16.5 Å². The molecule has 0 N–H and O–H groups in total. The van der Waals surface area contributed by atoms with Crippen molar-refractivity contribution in [2.45, 2.75) is 17.3 Å². The molecule has 1 unspecified atom stereocenters. The summed E-state index contributed by atoms with van der Waals surface area (Å²) in [7, 11) is -0.0351. The Bertz CT molecular complexity index is 421. The minimum absolute atomic E-state index is 0. The molecule has 1 saturated heterocycles. The van der Waals surface area contributed by atoms with E-state index in [2.05, 4.69) is 17.1 Å². The molecular weight excluding hydrogens is 331 g/mol. The fourth-order valence-corrected chi connectivity index (χ4v) is 3.24. The van der Waals surface area contributed by atoms with Crippen LogP contribution in [0.15, 0.2) is 10.5 Å². The molecule has 91 valence electrons. The Kier molecular flexibility index (Phi) is 6.27. The summed E-state index contributed by atoms with van der Waals surface area (Å²) in [6.07, 6.45) is 4.86. The van der Waals surface area contributed by atoms with Crippen LogP contribution in [0, 0.1) is 0 Å². The quantitative estimate of drug-likeness (QED) is 0.787. The Labute approximate surface area is 133 Å². The van der Waals surface area contributed by atoms with Crippen LogP contribution in [0.4, 0.5) is 0 Å². The summed E-state index contributed by atoms with van der Waals surface area (Å²) in [4.78, 5) is 7.28. The number of thiazole rings is 1. The van der Waals surface area contributed by atoms with Gasteiger partial charge in [0.05, 0.1) is 12.6 Å². The molecule has 0 spiro atoms. The second-order valence-corrected chi connectivity index (χ2v) is 6.67. The first-order valence-corrected chi connectivity index (χ1v) is 7.62. The van der Waals surface area contributed by atoms with Crippen LogP contribution in [0.2, 0.25) is 0 Å². The third kappa shape index (κ3) is 4.12. The molecule has 2 heterocycles. The van der Waals surface area contributed by atoms with Crippen molar-refractivity contribution in [3.8, 4) is 0 Å². The third-order valence-electron chi connectivity index (χ3n) is 2.25. The van der Waals surface area contributed by atoms with Gasteiger partial charge < -0.3 is 15.0 Å². The Morgan fingerprint density at radius 2 is 2.47 bits per heavy atom. The molecule has 0 aliphatic carbocycles. The molecule has 7 heteroatoms. The Balaban J connectivity index is 0.00000144. The van der Waals surface area contributed by atoms with E-state index in [4.69, 9.17) is 4.74 Å². The standard InChI is InChI=1S/C10H14N3OS2.Y/c1-16(2)10-12-6-8(15-10)7-13-4-3-5-14-9(13)11;/h6H,1,3-5,7H2,2H3;/q-1;. The molecule has 17 heavy (non-hydrogen) atoms. The topological polar surface area (TPSA) is 47.7 Å². The summed E-state index contributed by atoms with van der Waals surface area (Å²) >= 11 is 1.65. The van der Waals surface area contributed by atoms with Gasteiger partial charge in [0.15, 0.2) is 0 Å². The fourth-order valence-electron chi connectivity index (χ4n) is 1.46. The van der Waals surface area contributed by atoms with Gasteiger partial charge in [0.25, 0.3) is 0 Å². The number of rotatable bonds is 3. The van der Waals surface area contributed by atoms with Crippen LogP contribution in [0.1, 0.15) is 11.3 Å². The summed E-state index contributed by atoms with van der Waals surface area (Å²) < 4.78 is 6.15. The van der Waals surface area contributed by atoms with E-state index in [9.17, 15) is 5.41 Å². The molecule has 0 bridgehead atoms. The van der Waals surface area contributed by atoms with Crippen LogP contribution >= 0.6 is 21.8 Å². The van der Waals surface area contributed by atoms with Gasteiger partial charge in [-0.15, -0.1) is 21.8 Å². The van der Waals surface area contributed by atoms with Crippen LogP contribution in [0.5, 0.6) is 0 Å². The van der Waals surface area contributed by atoms with Crippen LogP contribution < -0.4 is 0 Å². The normalized spacial score (nSPS) is 17.2. The molecular formula is C10H14N3OS2Y-. The second kappa shape index (κ2) is 6.97. The van der Waals surface area contributed by atoms with Crippen LogP contribution in [-0.2, 0) is 44.0 Å². The number of nitrogens with zero attached hydrogens (tertiary/aromatic N) is 3. The molecule has 0 saturated carbocycles. The van der Waals surface area contributed by atoms with Gasteiger partial charge in [-0.1, -0.05) is 5.87 Å². The van der Waals surface area contributed by atoms with E-state index in [0.717, 1.165) is 22.2 Å². The van der Waals surface area contributed by atoms with Gasteiger partial charge in [0, 0.05) is 43.8 Å². The van der Waals surface area contributed by atoms with Crippen molar-refractivity contribution in [3.63, 3.8) is 0 Å². The molecule has 1 atom stereocenters. The molecule has 0 aromatic carbocycles. The number of hydrogen-bond donors (Lipinski definition) is 0. The van der Waals surface area contributed by atoms with Crippen molar-refractivity contribution in [2.75, 3.05) is 19.4 Å². The van der Waals surface area contributed by atoms with Gasteiger partial charge in [-0.05, 0) is 25.8 Å². The zero-order chi connectivity index (χ0) is 11.5. The van der Waals surface area contributed by atoms with Gasteiger partial charge in [0.1, 0.15) is 4.34 Å². The van der Waals surface area contributed by atoms with Crippen molar-refractivity contribution in [2.24, 2.45) is 0 Å². The smallest absolute Gasteiger partial charge is 0.143 e. The summed E-state index contributed by atoms with van der Waals surface area (Å²) in [5.41, 5.74) is 0. The van der Waals surface area contributed by atoms with E-state index in [0.29, 0.717) is 13.2 Å².